The van der Waals surface area contributed by atoms with Gasteiger partial charge in [-0.1, -0.05) is 12.7 Å². The maximum atomic E-state index is 13.3. The number of hydrogen-bond donors (Lipinski definition) is 1. The molecule has 25 heavy (non-hydrogen) atoms. The average Bonchev–Trinajstić information content (AvgIpc) is 2.98. The van der Waals surface area contributed by atoms with Crippen molar-refractivity contribution in [2.45, 2.75) is 0 Å². The number of carbonyl (C=O) groups is 2. The van der Waals surface area contributed by atoms with Crippen LogP contribution in [0.5, 0.6) is 5.88 Å². The summed E-state index contributed by atoms with van der Waals surface area (Å²) in [5.74, 6) is -1.72. The fourth-order valence-electron chi connectivity index (χ4n) is 1.92. The van der Waals surface area contributed by atoms with Crippen molar-refractivity contribution in [2.24, 2.45) is 0 Å². The second kappa shape index (κ2) is 8.34. The number of carbonyl (C=O) groups excluding carboxylic acids is 2. The molecule has 0 atom stereocenters. The lowest BCUT2D eigenvalue weighted by Gasteiger charge is -2.05. The van der Waals surface area contributed by atoms with Crippen LogP contribution in [-0.2, 0) is 19.1 Å². The molecule has 132 valence electrons. The van der Waals surface area contributed by atoms with Gasteiger partial charge >= 0.3 is 11.9 Å². The third-order valence-electron chi connectivity index (χ3n) is 3.10. The molecule has 0 saturated heterocycles. The van der Waals surface area contributed by atoms with Gasteiger partial charge < -0.3 is 14.2 Å². The van der Waals surface area contributed by atoms with Gasteiger partial charge in [0.05, 0.1) is 12.8 Å². The van der Waals surface area contributed by atoms with E-state index < -0.39 is 31.0 Å². The summed E-state index contributed by atoms with van der Waals surface area (Å²) in [4.78, 5) is 22.4. The monoisotopic (exact) mass is 366 g/mol. The van der Waals surface area contributed by atoms with Crippen molar-refractivity contribution in [1.82, 2.24) is 9.19 Å². The largest absolute Gasteiger partial charge is 0.466 e. The maximum absolute atomic E-state index is 13.3. The number of hydrogen-bond acceptors (Lipinski definition) is 7. The highest BCUT2D eigenvalue weighted by Gasteiger charge is 2.14. The van der Waals surface area contributed by atoms with E-state index >= 15 is 0 Å². The molecular formula is C16H15FN2O5S. The Hall–Kier alpha value is -2.81. The smallest absolute Gasteiger partial charge is 0.344 e. The van der Waals surface area contributed by atoms with E-state index in [1.54, 1.807) is 6.07 Å². The third kappa shape index (κ3) is 4.83. The number of ether oxygens (including phenoxy) is 3. The van der Waals surface area contributed by atoms with Gasteiger partial charge in [0.25, 0.3) is 0 Å². The van der Waals surface area contributed by atoms with Crippen LogP contribution in [-0.4, -0.2) is 41.4 Å². The summed E-state index contributed by atoms with van der Waals surface area (Å²) in [6.45, 7) is 2.70. The molecule has 0 aliphatic rings. The molecule has 0 saturated carbocycles. The van der Waals surface area contributed by atoms with E-state index in [1.165, 1.54) is 35.5 Å². The number of rotatable bonds is 7. The number of halogens is 1. The minimum atomic E-state index is -0.755. The van der Waals surface area contributed by atoms with Crippen LogP contribution in [0.25, 0.3) is 17.3 Å². The van der Waals surface area contributed by atoms with E-state index in [0.29, 0.717) is 16.8 Å². The zero-order valence-corrected chi connectivity index (χ0v) is 14.2. The van der Waals surface area contributed by atoms with Gasteiger partial charge in [0, 0.05) is 11.6 Å². The van der Waals surface area contributed by atoms with Crippen molar-refractivity contribution in [3.05, 3.63) is 42.2 Å². The highest BCUT2D eigenvalue weighted by atomic mass is 32.1. The molecule has 0 radical (unpaired) electrons. The molecule has 0 fully saturated rings. The fourth-order valence-corrected chi connectivity index (χ4v) is 2.17. The number of methoxy groups -OCH3 is 1. The Morgan fingerprint density at radius 3 is 2.76 bits per heavy atom. The average molecular weight is 366 g/mol. The predicted octanol–water partition coefficient (Wildman–Crippen LogP) is 2.12. The highest BCUT2D eigenvalue weighted by molar-refractivity contribution is 7.78. The van der Waals surface area contributed by atoms with Crippen molar-refractivity contribution < 1.29 is 28.2 Å². The van der Waals surface area contributed by atoms with E-state index in [0.717, 1.165) is 0 Å². The van der Waals surface area contributed by atoms with Crippen molar-refractivity contribution in [1.29, 1.82) is 0 Å². The van der Waals surface area contributed by atoms with Crippen molar-refractivity contribution in [2.75, 3.05) is 20.3 Å². The topological polar surface area (TPSA) is 79.7 Å². The molecule has 0 bridgehead atoms. The summed E-state index contributed by atoms with van der Waals surface area (Å²) >= 11 is 4.19. The maximum Gasteiger partial charge on any atom is 0.344 e. The van der Waals surface area contributed by atoms with Crippen LogP contribution in [0.15, 0.2) is 30.8 Å². The van der Waals surface area contributed by atoms with Crippen LogP contribution in [0.2, 0.25) is 0 Å². The predicted molar refractivity (Wildman–Crippen MR) is 90.6 cm³/mol. The van der Waals surface area contributed by atoms with Gasteiger partial charge in [0.2, 0.25) is 5.88 Å². The van der Waals surface area contributed by atoms with Gasteiger partial charge in [-0.3, -0.25) is 0 Å². The molecule has 1 aromatic carbocycles. The Kier molecular flexibility index (Phi) is 6.18. The molecular weight excluding hydrogens is 351 g/mol. The molecule has 2 aromatic rings. The Labute approximate surface area is 148 Å². The standard InChI is InChI=1S/C16H15FN2O5S/c1-3-10-6-11(17)4-5-12(10)13-7-14(18-19(13)25)23-9-16(21)24-8-15(20)22-2/h3-7,25H,1,8-9H2,2H3. The summed E-state index contributed by atoms with van der Waals surface area (Å²) in [7, 11) is 1.18. The van der Waals surface area contributed by atoms with E-state index in [9.17, 15) is 14.0 Å². The van der Waals surface area contributed by atoms with Crippen LogP contribution in [0, 0.1) is 5.82 Å². The summed E-state index contributed by atoms with van der Waals surface area (Å²) in [5, 5.41) is 4.00. The molecule has 7 nitrogen and oxygen atoms in total. The Morgan fingerprint density at radius 2 is 2.08 bits per heavy atom. The lowest BCUT2D eigenvalue weighted by Crippen LogP contribution is -2.20. The van der Waals surface area contributed by atoms with Crippen molar-refractivity contribution in [3.8, 4) is 17.1 Å². The highest BCUT2D eigenvalue weighted by Crippen LogP contribution is 2.29. The van der Waals surface area contributed by atoms with Crippen molar-refractivity contribution in [3.63, 3.8) is 0 Å². The first-order valence-electron chi connectivity index (χ1n) is 7.01. The quantitative estimate of drug-likeness (QED) is 0.597. The van der Waals surface area contributed by atoms with Gasteiger partial charge in [0.15, 0.2) is 13.2 Å². The van der Waals surface area contributed by atoms with E-state index in [1.807, 2.05) is 0 Å². The lowest BCUT2D eigenvalue weighted by molar-refractivity contribution is -0.158. The summed E-state index contributed by atoms with van der Waals surface area (Å²) in [6, 6.07) is 5.72. The zero-order chi connectivity index (χ0) is 18.4. The molecule has 1 heterocycles. The lowest BCUT2D eigenvalue weighted by atomic mass is 10.0. The Balaban J connectivity index is 2.07. The minimum Gasteiger partial charge on any atom is -0.466 e. The number of aromatic nitrogens is 2. The van der Waals surface area contributed by atoms with Gasteiger partial charge in [-0.15, -0.1) is 5.10 Å². The van der Waals surface area contributed by atoms with E-state index in [2.05, 4.69) is 34.0 Å². The van der Waals surface area contributed by atoms with Gasteiger partial charge in [-0.25, -0.2) is 18.1 Å². The second-order valence-corrected chi connectivity index (χ2v) is 5.10. The molecule has 2 rings (SSSR count). The fraction of sp³-hybridized carbons (Fsp3) is 0.188. The van der Waals surface area contributed by atoms with Crippen LogP contribution in [0.4, 0.5) is 4.39 Å². The first-order chi connectivity index (χ1) is 11.9. The summed E-state index contributed by atoms with van der Waals surface area (Å²) < 4.78 is 28.7. The SMILES string of the molecule is C=Cc1cc(F)ccc1-c1cc(OCC(=O)OCC(=O)OC)nn1S. The van der Waals surface area contributed by atoms with Gasteiger partial charge in [-0.05, 0) is 36.6 Å². The van der Waals surface area contributed by atoms with Crippen LogP contribution in [0.3, 0.4) is 0 Å². The van der Waals surface area contributed by atoms with Crippen LogP contribution < -0.4 is 4.74 Å². The molecule has 0 unspecified atom stereocenters. The normalized spacial score (nSPS) is 10.2. The van der Waals surface area contributed by atoms with Crippen LogP contribution >= 0.6 is 12.8 Å². The molecule has 0 aliphatic carbocycles. The first kappa shape index (κ1) is 18.5. The Bertz CT molecular complexity index is 806. The molecule has 0 spiro atoms. The minimum absolute atomic E-state index is 0.111. The van der Waals surface area contributed by atoms with Crippen LogP contribution in [0.1, 0.15) is 5.56 Å². The van der Waals surface area contributed by atoms with Crippen molar-refractivity contribution >= 4 is 30.8 Å². The zero-order valence-electron chi connectivity index (χ0n) is 13.3. The molecule has 0 aliphatic heterocycles. The van der Waals surface area contributed by atoms with E-state index in [-0.39, 0.29) is 5.88 Å². The number of esters is 2. The number of nitrogens with zero attached hydrogens (tertiary/aromatic N) is 2. The number of thiol groups is 1. The first-order valence-corrected chi connectivity index (χ1v) is 7.41. The van der Waals surface area contributed by atoms with Gasteiger partial charge in [0.1, 0.15) is 5.82 Å². The molecule has 0 amide bonds. The molecule has 9 heteroatoms. The summed E-state index contributed by atoms with van der Waals surface area (Å²) in [5.41, 5.74) is 1.72. The number of benzene rings is 1. The third-order valence-corrected chi connectivity index (χ3v) is 3.40. The second-order valence-electron chi connectivity index (χ2n) is 4.72. The van der Waals surface area contributed by atoms with E-state index in [4.69, 9.17) is 4.74 Å². The van der Waals surface area contributed by atoms with Gasteiger partial charge in [-0.2, -0.15) is 0 Å². The summed E-state index contributed by atoms with van der Waals surface area (Å²) in [6.07, 6.45) is 1.50. The Morgan fingerprint density at radius 1 is 1.32 bits per heavy atom. The molecule has 0 N–H and O–H groups in total. The molecule has 1 aromatic heterocycles.